The number of ether oxygens (including phenoxy) is 1. The molecule has 0 saturated heterocycles. The van der Waals surface area contributed by atoms with Gasteiger partial charge in [-0.2, -0.15) is 4.98 Å². The molecule has 5 nitrogen and oxygen atoms in total. The number of nitrogens with one attached hydrogen (secondary N) is 1. The topological polar surface area (TPSA) is 73.1 Å². The van der Waals surface area contributed by atoms with Gasteiger partial charge in [0.1, 0.15) is 10.8 Å². The summed E-state index contributed by atoms with van der Waals surface area (Å²) >= 11 is 5.95. The number of hydrogen-bond donors (Lipinski definition) is 2. The molecule has 2 rings (SSSR count). The zero-order chi connectivity index (χ0) is 13.0. The van der Waals surface area contributed by atoms with Gasteiger partial charge in [0.15, 0.2) is 5.82 Å². The molecule has 0 aliphatic carbocycles. The molecule has 3 N–H and O–H groups in total. The average molecular weight is 265 g/mol. The van der Waals surface area contributed by atoms with E-state index in [9.17, 15) is 0 Å². The van der Waals surface area contributed by atoms with Gasteiger partial charge < -0.3 is 15.8 Å². The first-order valence-electron chi connectivity index (χ1n) is 5.34. The summed E-state index contributed by atoms with van der Waals surface area (Å²) in [5, 5.41) is 3.54. The summed E-state index contributed by atoms with van der Waals surface area (Å²) in [5.74, 6) is 1.52. The van der Waals surface area contributed by atoms with Crippen molar-refractivity contribution in [2.24, 2.45) is 0 Å². The van der Waals surface area contributed by atoms with Crippen molar-refractivity contribution in [2.45, 2.75) is 6.54 Å². The van der Waals surface area contributed by atoms with E-state index in [4.69, 9.17) is 22.1 Å². The highest BCUT2D eigenvalue weighted by Crippen LogP contribution is 2.20. The van der Waals surface area contributed by atoms with E-state index >= 15 is 0 Å². The van der Waals surface area contributed by atoms with Crippen molar-refractivity contribution < 1.29 is 4.74 Å². The van der Waals surface area contributed by atoms with Crippen LogP contribution < -0.4 is 15.8 Å². The van der Waals surface area contributed by atoms with Crippen LogP contribution in [0.1, 0.15) is 5.56 Å². The minimum absolute atomic E-state index is 0.188. The lowest BCUT2D eigenvalue weighted by molar-refractivity contribution is 0.414. The second kappa shape index (κ2) is 5.55. The number of rotatable bonds is 4. The molecule has 1 heterocycles. The van der Waals surface area contributed by atoms with E-state index < -0.39 is 0 Å². The zero-order valence-corrected chi connectivity index (χ0v) is 10.6. The first-order chi connectivity index (χ1) is 8.69. The van der Waals surface area contributed by atoms with Crippen LogP contribution in [0.5, 0.6) is 5.75 Å². The van der Waals surface area contributed by atoms with Gasteiger partial charge in [-0.25, -0.2) is 4.98 Å². The molecule has 0 saturated carbocycles. The van der Waals surface area contributed by atoms with Gasteiger partial charge in [-0.15, -0.1) is 0 Å². The van der Waals surface area contributed by atoms with Crippen molar-refractivity contribution in [3.63, 3.8) is 0 Å². The van der Waals surface area contributed by atoms with Crippen LogP contribution in [0, 0.1) is 0 Å². The quantitative estimate of drug-likeness (QED) is 0.887. The molecule has 18 heavy (non-hydrogen) atoms. The maximum atomic E-state index is 5.95. The van der Waals surface area contributed by atoms with E-state index in [-0.39, 0.29) is 5.95 Å². The average Bonchev–Trinajstić information content (AvgIpc) is 2.40. The fourth-order valence-corrected chi connectivity index (χ4v) is 1.63. The van der Waals surface area contributed by atoms with Crippen LogP contribution in [0.2, 0.25) is 5.02 Å². The summed E-state index contributed by atoms with van der Waals surface area (Å²) in [6.07, 6.45) is 1.47. The maximum absolute atomic E-state index is 5.95. The molecule has 0 aliphatic rings. The number of nitrogens with two attached hydrogens (primary N) is 1. The first-order valence-corrected chi connectivity index (χ1v) is 5.71. The SMILES string of the molecule is COc1cccc(CNc2nc(N)ncc2Cl)c1. The third kappa shape index (κ3) is 3.01. The molecule has 0 radical (unpaired) electrons. The minimum atomic E-state index is 0.188. The molecule has 1 aromatic heterocycles. The number of hydrogen-bond acceptors (Lipinski definition) is 5. The Labute approximate surface area is 110 Å². The molecular weight excluding hydrogens is 252 g/mol. The van der Waals surface area contributed by atoms with Crippen LogP contribution in [0.3, 0.4) is 0 Å². The summed E-state index contributed by atoms with van der Waals surface area (Å²) in [6.45, 7) is 0.577. The molecule has 0 atom stereocenters. The van der Waals surface area contributed by atoms with E-state index in [1.807, 2.05) is 24.3 Å². The number of nitrogen functional groups attached to an aromatic ring is 1. The van der Waals surface area contributed by atoms with Crippen molar-refractivity contribution in [1.29, 1.82) is 0 Å². The fourth-order valence-electron chi connectivity index (χ4n) is 1.47. The number of halogens is 1. The Morgan fingerprint density at radius 3 is 3.06 bits per heavy atom. The molecular formula is C12H13ClN4O. The van der Waals surface area contributed by atoms with Crippen molar-refractivity contribution in [2.75, 3.05) is 18.2 Å². The number of benzene rings is 1. The molecule has 0 spiro atoms. The Bertz CT molecular complexity index is 547. The summed E-state index contributed by atoms with van der Waals surface area (Å²) in [5.41, 5.74) is 6.56. The number of aromatic nitrogens is 2. The summed E-state index contributed by atoms with van der Waals surface area (Å²) < 4.78 is 5.15. The number of anilines is 2. The minimum Gasteiger partial charge on any atom is -0.497 e. The fraction of sp³-hybridized carbons (Fsp3) is 0.167. The van der Waals surface area contributed by atoms with Gasteiger partial charge in [0.05, 0.1) is 13.3 Å². The molecule has 6 heteroatoms. The lowest BCUT2D eigenvalue weighted by Gasteiger charge is -2.08. The number of nitrogens with zero attached hydrogens (tertiary/aromatic N) is 2. The molecule has 0 amide bonds. The predicted molar refractivity (Wildman–Crippen MR) is 71.8 cm³/mol. The van der Waals surface area contributed by atoms with E-state index in [0.29, 0.717) is 17.4 Å². The van der Waals surface area contributed by atoms with Crippen LogP contribution >= 0.6 is 11.6 Å². The van der Waals surface area contributed by atoms with Gasteiger partial charge in [-0.05, 0) is 17.7 Å². The van der Waals surface area contributed by atoms with E-state index in [0.717, 1.165) is 11.3 Å². The van der Waals surface area contributed by atoms with Crippen LogP contribution in [-0.4, -0.2) is 17.1 Å². The molecule has 0 unspecified atom stereocenters. The van der Waals surface area contributed by atoms with Gasteiger partial charge in [0, 0.05) is 6.54 Å². The highest BCUT2D eigenvalue weighted by atomic mass is 35.5. The Morgan fingerprint density at radius 1 is 1.44 bits per heavy atom. The summed E-state index contributed by atoms with van der Waals surface area (Å²) in [7, 11) is 1.63. The summed E-state index contributed by atoms with van der Waals surface area (Å²) in [4.78, 5) is 7.82. The van der Waals surface area contributed by atoms with Crippen molar-refractivity contribution in [3.05, 3.63) is 41.0 Å². The van der Waals surface area contributed by atoms with E-state index in [1.54, 1.807) is 7.11 Å². The second-order valence-corrected chi connectivity index (χ2v) is 4.04. The molecule has 0 bridgehead atoms. The lowest BCUT2D eigenvalue weighted by Crippen LogP contribution is -2.05. The van der Waals surface area contributed by atoms with Crippen molar-refractivity contribution in [3.8, 4) is 5.75 Å². The Kier molecular flexibility index (Phi) is 3.84. The van der Waals surface area contributed by atoms with Crippen LogP contribution in [-0.2, 0) is 6.54 Å². The Hall–Kier alpha value is -2.01. The van der Waals surface area contributed by atoms with Crippen LogP contribution in [0.15, 0.2) is 30.5 Å². The zero-order valence-electron chi connectivity index (χ0n) is 9.85. The van der Waals surface area contributed by atoms with E-state index in [2.05, 4.69) is 15.3 Å². The van der Waals surface area contributed by atoms with Crippen LogP contribution in [0.4, 0.5) is 11.8 Å². The number of methoxy groups -OCH3 is 1. The highest BCUT2D eigenvalue weighted by molar-refractivity contribution is 6.32. The van der Waals surface area contributed by atoms with Gasteiger partial charge in [-0.1, -0.05) is 23.7 Å². The highest BCUT2D eigenvalue weighted by Gasteiger charge is 2.03. The second-order valence-electron chi connectivity index (χ2n) is 3.63. The third-order valence-corrected chi connectivity index (χ3v) is 2.63. The monoisotopic (exact) mass is 264 g/mol. The smallest absolute Gasteiger partial charge is 0.222 e. The Balaban J connectivity index is 2.08. The van der Waals surface area contributed by atoms with Crippen molar-refractivity contribution in [1.82, 2.24) is 9.97 Å². The van der Waals surface area contributed by atoms with E-state index in [1.165, 1.54) is 6.20 Å². The maximum Gasteiger partial charge on any atom is 0.222 e. The molecule has 94 valence electrons. The standard InChI is InChI=1S/C12H13ClN4O/c1-18-9-4-2-3-8(5-9)6-15-11-10(13)7-16-12(14)17-11/h2-5,7H,6H2,1H3,(H3,14,15,16,17). The normalized spacial score (nSPS) is 10.1. The Morgan fingerprint density at radius 2 is 2.28 bits per heavy atom. The molecule has 0 fully saturated rings. The lowest BCUT2D eigenvalue weighted by atomic mass is 10.2. The first kappa shape index (κ1) is 12.4. The molecule has 2 aromatic rings. The van der Waals surface area contributed by atoms with Crippen LogP contribution in [0.25, 0.3) is 0 Å². The summed E-state index contributed by atoms with van der Waals surface area (Å²) in [6, 6.07) is 7.73. The molecule has 0 aliphatic heterocycles. The largest absolute Gasteiger partial charge is 0.497 e. The van der Waals surface area contributed by atoms with Gasteiger partial charge >= 0.3 is 0 Å². The van der Waals surface area contributed by atoms with Gasteiger partial charge in [0.25, 0.3) is 0 Å². The van der Waals surface area contributed by atoms with Gasteiger partial charge in [0.2, 0.25) is 5.95 Å². The third-order valence-electron chi connectivity index (χ3n) is 2.36. The van der Waals surface area contributed by atoms with Crippen molar-refractivity contribution >= 4 is 23.4 Å². The molecule has 1 aromatic carbocycles. The predicted octanol–water partition coefficient (Wildman–Crippen LogP) is 2.33. The van der Waals surface area contributed by atoms with Gasteiger partial charge in [-0.3, -0.25) is 0 Å².